The summed E-state index contributed by atoms with van der Waals surface area (Å²) < 4.78 is 5.28. The average molecular weight is 261 g/mol. The van der Waals surface area contributed by atoms with Crippen molar-refractivity contribution in [2.24, 2.45) is 0 Å². The Morgan fingerprint density at radius 1 is 1.58 bits per heavy atom. The van der Waals surface area contributed by atoms with Gasteiger partial charge in [0.25, 0.3) is 0 Å². The lowest BCUT2D eigenvalue weighted by molar-refractivity contribution is 0.0698. The largest absolute Gasteiger partial charge is 0.478 e. The molecule has 0 spiro atoms. The summed E-state index contributed by atoms with van der Waals surface area (Å²) in [5.74, 6) is 0.290. The molecule has 2 rings (SSSR count). The molecule has 6 nitrogen and oxygen atoms in total. The minimum Gasteiger partial charge on any atom is -0.478 e. The Hall–Kier alpha value is -2.50. The normalized spacial score (nSPS) is 10.4. The number of pyridine rings is 1. The van der Waals surface area contributed by atoms with Crippen molar-refractivity contribution < 1.29 is 14.3 Å². The van der Waals surface area contributed by atoms with Gasteiger partial charge in [-0.1, -0.05) is 0 Å². The van der Waals surface area contributed by atoms with E-state index in [9.17, 15) is 4.79 Å². The van der Waals surface area contributed by atoms with Crippen LogP contribution in [0.1, 0.15) is 23.0 Å². The van der Waals surface area contributed by atoms with E-state index in [0.29, 0.717) is 18.9 Å². The number of rotatable bonds is 5. The number of carbonyl (C=O) groups is 1. The summed E-state index contributed by atoms with van der Waals surface area (Å²) >= 11 is 0. The molecule has 19 heavy (non-hydrogen) atoms. The highest BCUT2D eigenvalue weighted by molar-refractivity contribution is 5.94. The van der Waals surface area contributed by atoms with Crippen LogP contribution in [0, 0.1) is 0 Å². The van der Waals surface area contributed by atoms with Crippen LogP contribution in [0.5, 0.6) is 0 Å². The fourth-order valence-corrected chi connectivity index (χ4v) is 1.76. The van der Waals surface area contributed by atoms with E-state index in [1.165, 1.54) is 12.3 Å². The van der Waals surface area contributed by atoms with Crippen molar-refractivity contribution >= 4 is 17.5 Å². The molecule has 2 aromatic heterocycles. The Kier molecular flexibility index (Phi) is 3.70. The van der Waals surface area contributed by atoms with E-state index in [4.69, 9.17) is 15.3 Å². The van der Waals surface area contributed by atoms with E-state index in [-0.39, 0.29) is 11.3 Å². The van der Waals surface area contributed by atoms with Crippen molar-refractivity contribution in [2.75, 3.05) is 17.2 Å². The van der Waals surface area contributed by atoms with Gasteiger partial charge in [0.15, 0.2) is 0 Å². The molecule has 0 atom stereocenters. The van der Waals surface area contributed by atoms with Crippen LogP contribution in [0.25, 0.3) is 0 Å². The number of anilines is 2. The first-order valence-corrected chi connectivity index (χ1v) is 5.88. The number of nitrogen functional groups attached to an aromatic ring is 1. The molecule has 0 fully saturated rings. The molecule has 0 amide bonds. The number of carboxylic acids is 1. The van der Waals surface area contributed by atoms with Crippen LogP contribution in [0.2, 0.25) is 0 Å². The number of aromatic carboxylic acids is 1. The van der Waals surface area contributed by atoms with Gasteiger partial charge in [-0.25, -0.2) is 9.78 Å². The van der Waals surface area contributed by atoms with Gasteiger partial charge in [0, 0.05) is 6.54 Å². The number of aromatic nitrogens is 1. The Balaban J connectivity index is 2.28. The van der Waals surface area contributed by atoms with Crippen molar-refractivity contribution in [1.29, 1.82) is 0 Å². The number of hydrogen-bond acceptors (Lipinski definition) is 5. The molecule has 2 aromatic rings. The van der Waals surface area contributed by atoms with Crippen LogP contribution in [0.3, 0.4) is 0 Å². The highest BCUT2D eigenvalue weighted by atomic mass is 16.4. The summed E-state index contributed by atoms with van der Waals surface area (Å²) in [4.78, 5) is 17.1. The first kappa shape index (κ1) is 12.9. The second kappa shape index (κ2) is 5.43. The molecule has 0 radical (unpaired) electrons. The van der Waals surface area contributed by atoms with Gasteiger partial charge < -0.3 is 20.2 Å². The predicted molar refractivity (Wildman–Crippen MR) is 71.0 cm³/mol. The van der Waals surface area contributed by atoms with Crippen LogP contribution in [0.15, 0.2) is 35.1 Å². The van der Waals surface area contributed by atoms with Gasteiger partial charge >= 0.3 is 5.97 Å². The van der Waals surface area contributed by atoms with Crippen LogP contribution < -0.4 is 10.6 Å². The highest BCUT2D eigenvalue weighted by Gasteiger charge is 2.14. The van der Waals surface area contributed by atoms with Crippen molar-refractivity contribution in [3.63, 3.8) is 0 Å². The van der Waals surface area contributed by atoms with Crippen molar-refractivity contribution in [3.8, 4) is 0 Å². The third-order valence-corrected chi connectivity index (χ3v) is 2.78. The second-order valence-corrected chi connectivity index (χ2v) is 4.03. The second-order valence-electron chi connectivity index (χ2n) is 4.03. The predicted octanol–water partition coefficient (Wildman–Crippen LogP) is 1.98. The molecule has 0 aliphatic rings. The van der Waals surface area contributed by atoms with Crippen molar-refractivity contribution in [3.05, 3.63) is 42.0 Å². The zero-order valence-corrected chi connectivity index (χ0v) is 10.5. The molecule has 0 unspecified atom stereocenters. The summed E-state index contributed by atoms with van der Waals surface area (Å²) in [5.41, 5.74) is 5.80. The third kappa shape index (κ3) is 2.85. The summed E-state index contributed by atoms with van der Waals surface area (Å²) in [6.07, 6.45) is 2.96. The van der Waals surface area contributed by atoms with E-state index in [2.05, 4.69) is 4.98 Å². The lowest BCUT2D eigenvalue weighted by Crippen LogP contribution is -2.23. The molecule has 0 aromatic carbocycles. The maximum atomic E-state index is 11.1. The van der Waals surface area contributed by atoms with E-state index < -0.39 is 5.97 Å². The lowest BCUT2D eigenvalue weighted by atomic mass is 10.2. The molecule has 0 bridgehead atoms. The van der Waals surface area contributed by atoms with Crippen LogP contribution >= 0.6 is 0 Å². The summed E-state index contributed by atoms with van der Waals surface area (Å²) in [6.45, 7) is 3.16. The quantitative estimate of drug-likeness (QED) is 0.854. The van der Waals surface area contributed by atoms with Gasteiger partial charge in [-0.05, 0) is 25.1 Å². The van der Waals surface area contributed by atoms with Gasteiger partial charge in [0.05, 0.1) is 30.3 Å². The summed E-state index contributed by atoms with van der Waals surface area (Å²) in [7, 11) is 0. The maximum Gasteiger partial charge on any atom is 0.337 e. The molecule has 2 heterocycles. The molecule has 6 heteroatoms. The maximum absolute atomic E-state index is 11.1. The fraction of sp³-hybridized carbons (Fsp3) is 0.231. The minimum atomic E-state index is -1.06. The number of furan rings is 1. The standard InChI is InChI=1S/C13H15N3O3/c1-2-16(8-9-4-3-5-19-9)12-6-10(13(17)18)11(14)7-15-12/h3-7H,2,8,14H2,1H3,(H,17,18). The molecular formula is C13H15N3O3. The first-order valence-electron chi connectivity index (χ1n) is 5.88. The molecule has 0 aliphatic carbocycles. The van der Waals surface area contributed by atoms with Crippen molar-refractivity contribution in [2.45, 2.75) is 13.5 Å². The Labute approximate surface area is 110 Å². The van der Waals surface area contributed by atoms with E-state index in [0.717, 1.165) is 5.76 Å². The van der Waals surface area contributed by atoms with Gasteiger partial charge in [0.1, 0.15) is 11.6 Å². The molecular weight excluding hydrogens is 246 g/mol. The van der Waals surface area contributed by atoms with Gasteiger partial charge in [-0.2, -0.15) is 0 Å². The first-order chi connectivity index (χ1) is 9.11. The third-order valence-electron chi connectivity index (χ3n) is 2.78. The Morgan fingerprint density at radius 3 is 2.95 bits per heavy atom. The zero-order chi connectivity index (χ0) is 13.8. The number of hydrogen-bond donors (Lipinski definition) is 2. The summed E-state index contributed by atoms with van der Waals surface area (Å²) in [5, 5.41) is 9.06. The SMILES string of the molecule is CCN(Cc1ccco1)c1cc(C(=O)O)c(N)cn1. The Bertz CT molecular complexity index is 567. The molecule has 100 valence electrons. The average Bonchev–Trinajstić information content (AvgIpc) is 2.89. The van der Waals surface area contributed by atoms with Gasteiger partial charge in [0.2, 0.25) is 0 Å². The molecule has 0 aliphatic heterocycles. The monoisotopic (exact) mass is 261 g/mol. The molecule has 0 saturated carbocycles. The van der Waals surface area contributed by atoms with Crippen LogP contribution in [-0.4, -0.2) is 22.6 Å². The number of carboxylic acid groups (broad SMARTS) is 1. The van der Waals surface area contributed by atoms with Crippen molar-refractivity contribution in [1.82, 2.24) is 4.98 Å². The molecule has 3 N–H and O–H groups in total. The summed E-state index contributed by atoms with van der Waals surface area (Å²) in [6, 6.07) is 5.14. The van der Waals surface area contributed by atoms with E-state index in [1.807, 2.05) is 24.0 Å². The van der Waals surface area contributed by atoms with Gasteiger partial charge in [-0.15, -0.1) is 0 Å². The lowest BCUT2D eigenvalue weighted by Gasteiger charge is -2.21. The van der Waals surface area contributed by atoms with Crippen LogP contribution in [-0.2, 0) is 6.54 Å². The molecule has 0 saturated heterocycles. The highest BCUT2D eigenvalue weighted by Crippen LogP contribution is 2.20. The van der Waals surface area contributed by atoms with Gasteiger partial charge in [-0.3, -0.25) is 0 Å². The minimum absolute atomic E-state index is 0.0582. The zero-order valence-electron chi connectivity index (χ0n) is 10.5. The van der Waals surface area contributed by atoms with E-state index in [1.54, 1.807) is 6.26 Å². The number of nitrogens with zero attached hydrogens (tertiary/aromatic N) is 2. The fourth-order valence-electron chi connectivity index (χ4n) is 1.76. The smallest absolute Gasteiger partial charge is 0.337 e. The number of nitrogens with two attached hydrogens (primary N) is 1. The Morgan fingerprint density at radius 2 is 2.37 bits per heavy atom. The van der Waals surface area contributed by atoms with Crippen LogP contribution in [0.4, 0.5) is 11.5 Å². The van der Waals surface area contributed by atoms with E-state index >= 15 is 0 Å². The topological polar surface area (TPSA) is 92.6 Å².